The Labute approximate surface area is 113 Å². The van der Waals surface area contributed by atoms with E-state index in [1.807, 2.05) is 13.1 Å². The smallest absolute Gasteiger partial charge is 0.328 e. The summed E-state index contributed by atoms with van der Waals surface area (Å²) in [6.07, 6.45) is 4.65. The zero-order chi connectivity index (χ0) is 14.3. The number of carboxylic acids is 1. The van der Waals surface area contributed by atoms with Crippen molar-refractivity contribution in [3.63, 3.8) is 0 Å². The molecule has 0 aliphatic carbocycles. The lowest BCUT2D eigenvalue weighted by atomic mass is 10.1. The third-order valence-corrected chi connectivity index (χ3v) is 2.74. The van der Waals surface area contributed by atoms with Gasteiger partial charge in [-0.3, -0.25) is 0 Å². The lowest BCUT2D eigenvalue weighted by Crippen LogP contribution is -2.19. The lowest BCUT2D eigenvalue weighted by Gasteiger charge is -2.16. The third-order valence-electron chi connectivity index (χ3n) is 2.74. The molecule has 1 N–H and O–H groups in total. The molecule has 0 fully saturated rings. The zero-order valence-electron chi connectivity index (χ0n) is 11.4. The minimum Gasteiger partial charge on any atom is -0.478 e. The number of hydrogen-bond donors (Lipinski definition) is 1. The molecule has 0 amide bonds. The highest BCUT2D eigenvalue weighted by Crippen LogP contribution is 2.13. The Balaban J connectivity index is 2.76. The normalized spacial score (nSPS) is 11.4. The van der Waals surface area contributed by atoms with E-state index in [4.69, 9.17) is 5.11 Å². The van der Waals surface area contributed by atoms with Crippen LogP contribution < -0.4 is 0 Å². The van der Waals surface area contributed by atoms with Crippen LogP contribution in [0.5, 0.6) is 0 Å². The molecule has 0 saturated heterocycles. The molecule has 0 atom stereocenters. The zero-order valence-corrected chi connectivity index (χ0v) is 11.4. The van der Waals surface area contributed by atoms with Crippen molar-refractivity contribution in [2.24, 2.45) is 0 Å². The first kappa shape index (κ1) is 15.4. The summed E-state index contributed by atoms with van der Waals surface area (Å²) in [6, 6.07) is 4.63. The molecule has 1 rings (SSSR count). The van der Waals surface area contributed by atoms with E-state index in [2.05, 4.69) is 11.8 Å². The fourth-order valence-corrected chi connectivity index (χ4v) is 1.85. The van der Waals surface area contributed by atoms with Gasteiger partial charge in [-0.2, -0.15) is 0 Å². The summed E-state index contributed by atoms with van der Waals surface area (Å²) in [5.74, 6) is -1.38. The highest BCUT2D eigenvalue weighted by molar-refractivity contribution is 5.85. The third kappa shape index (κ3) is 6.15. The average Bonchev–Trinajstić information content (AvgIpc) is 2.33. The maximum Gasteiger partial charge on any atom is 0.328 e. The van der Waals surface area contributed by atoms with E-state index < -0.39 is 5.97 Å². The van der Waals surface area contributed by atoms with Crippen LogP contribution in [-0.4, -0.2) is 29.6 Å². The van der Waals surface area contributed by atoms with Crippen LogP contribution in [0.3, 0.4) is 0 Å². The van der Waals surface area contributed by atoms with Crippen molar-refractivity contribution in [2.45, 2.75) is 26.3 Å². The number of aliphatic carboxylic acids is 1. The number of rotatable bonds is 7. The maximum absolute atomic E-state index is 13.5. The number of unbranched alkanes of at least 4 members (excludes halogenated alkanes) is 1. The molecular formula is C15H20FNO2. The molecule has 0 aliphatic rings. The standard InChI is InChI=1S/C15H20FNO2/c1-3-4-7-17(2)11-13-8-12(5-6-15(18)19)9-14(16)10-13/h5-6,8-10H,3-4,7,11H2,1-2H3,(H,18,19). The van der Waals surface area contributed by atoms with E-state index in [0.717, 1.165) is 31.0 Å². The topological polar surface area (TPSA) is 40.5 Å². The molecule has 0 spiro atoms. The molecule has 0 saturated carbocycles. The molecule has 3 nitrogen and oxygen atoms in total. The van der Waals surface area contributed by atoms with Crippen molar-refractivity contribution in [2.75, 3.05) is 13.6 Å². The predicted molar refractivity (Wildman–Crippen MR) is 74.3 cm³/mol. The van der Waals surface area contributed by atoms with Crippen LogP contribution in [0.4, 0.5) is 4.39 Å². The van der Waals surface area contributed by atoms with Crippen LogP contribution >= 0.6 is 0 Å². The van der Waals surface area contributed by atoms with Gasteiger partial charge in [0.15, 0.2) is 0 Å². The molecule has 1 aromatic carbocycles. The summed E-state index contributed by atoms with van der Waals surface area (Å²) < 4.78 is 13.5. The second kappa shape index (κ2) is 7.69. The molecule has 0 bridgehead atoms. The lowest BCUT2D eigenvalue weighted by molar-refractivity contribution is -0.131. The number of hydrogen-bond acceptors (Lipinski definition) is 2. The molecule has 1 aromatic rings. The Hall–Kier alpha value is -1.68. The van der Waals surface area contributed by atoms with Crippen LogP contribution in [0.15, 0.2) is 24.3 Å². The van der Waals surface area contributed by atoms with Gasteiger partial charge in [-0.15, -0.1) is 0 Å². The molecule has 0 radical (unpaired) electrons. The average molecular weight is 265 g/mol. The minimum absolute atomic E-state index is 0.341. The van der Waals surface area contributed by atoms with Crippen molar-refractivity contribution < 1.29 is 14.3 Å². The number of benzene rings is 1. The van der Waals surface area contributed by atoms with E-state index in [9.17, 15) is 9.18 Å². The second-order valence-corrected chi connectivity index (χ2v) is 4.66. The van der Waals surface area contributed by atoms with Gasteiger partial charge in [0.05, 0.1) is 0 Å². The molecular weight excluding hydrogens is 245 g/mol. The van der Waals surface area contributed by atoms with Crippen molar-refractivity contribution >= 4 is 12.0 Å². The molecule has 0 heterocycles. The first-order valence-corrected chi connectivity index (χ1v) is 6.40. The maximum atomic E-state index is 13.5. The Morgan fingerprint density at radius 1 is 1.42 bits per heavy atom. The van der Waals surface area contributed by atoms with Crippen molar-refractivity contribution in [3.05, 3.63) is 41.2 Å². The highest BCUT2D eigenvalue weighted by Gasteiger charge is 2.03. The largest absolute Gasteiger partial charge is 0.478 e. The van der Waals surface area contributed by atoms with Gasteiger partial charge in [-0.25, -0.2) is 9.18 Å². The fraction of sp³-hybridized carbons (Fsp3) is 0.400. The van der Waals surface area contributed by atoms with E-state index in [1.54, 1.807) is 0 Å². The number of halogens is 1. The Kier molecular flexibility index (Phi) is 6.22. The summed E-state index contributed by atoms with van der Waals surface area (Å²) >= 11 is 0. The summed E-state index contributed by atoms with van der Waals surface area (Å²) in [4.78, 5) is 12.6. The monoisotopic (exact) mass is 265 g/mol. The molecule has 19 heavy (non-hydrogen) atoms. The van der Waals surface area contributed by atoms with Crippen LogP contribution in [0.25, 0.3) is 6.08 Å². The van der Waals surface area contributed by atoms with Gasteiger partial charge in [-0.05, 0) is 49.3 Å². The second-order valence-electron chi connectivity index (χ2n) is 4.66. The van der Waals surface area contributed by atoms with Crippen molar-refractivity contribution in [3.8, 4) is 0 Å². The van der Waals surface area contributed by atoms with E-state index in [1.165, 1.54) is 18.2 Å². The van der Waals surface area contributed by atoms with Gasteiger partial charge in [0, 0.05) is 12.6 Å². The van der Waals surface area contributed by atoms with Gasteiger partial charge >= 0.3 is 5.97 Å². The Morgan fingerprint density at radius 2 is 2.16 bits per heavy atom. The van der Waals surface area contributed by atoms with Gasteiger partial charge in [0.2, 0.25) is 0 Å². The van der Waals surface area contributed by atoms with Crippen LogP contribution in [0, 0.1) is 5.82 Å². The highest BCUT2D eigenvalue weighted by atomic mass is 19.1. The molecule has 4 heteroatoms. The summed E-state index contributed by atoms with van der Waals surface area (Å²) in [6.45, 7) is 3.75. The summed E-state index contributed by atoms with van der Waals surface area (Å²) in [7, 11) is 1.99. The van der Waals surface area contributed by atoms with Gasteiger partial charge in [-0.1, -0.05) is 19.4 Å². The van der Waals surface area contributed by atoms with Crippen LogP contribution in [0.1, 0.15) is 30.9 Å². The fourth-order valence-electron chi connectivity index (χ4n) is 1.85. The summed E-state index contributed by atoms with van der Waals surface area (Å²) in [5.41, 5.74) is 1.42. The minimum atomic E-state index is -1.04. The molecule has 0 aromatic heterocycles. The number of carbonyl (C=O) groups is 1. The quantitative estimate of drug-likeness (QED) is 0.770. The Morgan fingerprint density at radius 3 is 2.79 bits per heavy atom. The Bertz CT molecular complexity index is 457. The van der Waals surface area contributed by atoms with Gasteiger partial charge in [0.25, 0.3) is 0 Å². The van der Waals surface area contributed by atoms with Crippen LogP contribution in [-0.2, 0) is 11.3 Å². The predicted octanol–water partition coefficient (Wildman–Crippen LogP) is 3.16. The van der Waals surface area contributed by atoms with Gasteiger partial charge < -0.3 is 10.0 Å². The number of nitrogens with zero attached hydrogens (tertiary/aromatic N) is 1. The van der Waals surface area contributed by atoms with E-state index >= 15 is 0 Å². The first-order valence-electron chi connectivity index (χ1n) is 6.40. The van der Waals surface area contributed by atoms with Crippen molar-refractivity contribution in [1.29, 1.82) is 0 Å². The molecule has 104 valence electrons. The van der Waals surface area contributed by atoms with E-state index in [0.29, 0.717) is 12.1 Å². The molecule has 0 unspecified atom stereocenters. The van der Waals surface area contributed by atoms with Crippen LogP contribution in [0.2, 0.25) is 0 Å². The SMILES string of the molecule is CCCCN(C)Cc1cc(F)cc(C=CC(=O)O)c1. The van der Waals surface area contributed by atoms with E-state index in [-0.39, 0.29) is 5.82 Å². The van der Waals surface area contributed by atoms with Crippen molar-refractivity contribution in [1.82, 2.24) is 4.90 Å². The van der Waals surface area contributed by atoms with Gasteiger partial charge in [0.1, 0.15) is 5.82 Å². The molecule has 0 aliphatic heterocycles. The summed E-state index contributed by atoms with van der Waals surface area (Å²) in [5, 5.41) is 8.57. The first-order chi connectivity index (χ1) is 9.01. The number of carboxylic acid groups (broad SMARTS) is 1.